The second-order valence-electron chi connectivity index (χ2n) is 7.03. The third-order valence-electron chi connectivity index (χ3n) is 4.84. The van der Waals surface area contributed by atoms with Crippen molar-refractivity contribution in [2.45, 2.75) is 52.1 Å². The molecule has 0 N–H and O–H groups in total. The fourth-order valence-electron chi connectivity index (χ4n) is 3.13. The summed E-state index contributed by atoms with van der Waals surface area (Å²) in [5.41, 5.74) is 1.96. The SMILES string of the molecule is CC[C@H](C(=O)N(Cc1ccc(OS(C)(=O)=O)cc1)[C@H](C)CC)c1ccccc1. The Morgan fingerprint density at radius 3 is 2.11 bits per heavy atom. The lowest BCUT2D eigenvalue weighted by molar-refractivity contribution is -0.135. The van der Waals surface area contributed by atoms with Crippen LogP contribution in [0.4, 0.5) is 0 Å². The Bertz CT molecular complexity index is 863. The molecule has 0 bridgehead atoms. The molecule has 6 heteroatoms. The van der Waals surface area contributed by atoms with Crippen LogP contribution in [0.25, 0.3) is 0 Å². The normalized spacial score (nSPS) is 13.6. The second kappa shape index (κ2) is 9.73. The molecule has 2 aromatic rings. The standard InChI is InChI=1S/C22H29NO4S/c1-5-17(3)23(22(24)21(6-2)19-10-8-7-9-11-19)16-18-12-14-20(15-13-18)27-28(4,25)26/h7-15,17,21H,5-6,16H2,1-4H3/t17-,21+/m1/s1. The Morgan fingerprint density at radius 1 is 1.00 bits per heavy atom. The minimum absolute atomic E-state index is 0.0946. The molecule has 0 aliphatic carbocycles. The number of carbonyl (C=O) groups is 1. The first-order chi connectivity index (χ1) is 13.2. The van der Waals surface area contributed by atoms with Gasteiger partial charge in [0.15, 0.2) is 0 Å². The summed E-state index contributed by atoms with van der Waals surface area (Å²) in [5.74, 6) is 0.200. The Morgan fingerprint density at radius 2 is 1.61 bits per heavy atom. The van der Waals surface area contributed by atoms with Gasteiger partial charge in [-0.1, -0.05) is 56.3 Å². The summed E-state index contributed by atoms with van der Waals surface area (Å²) < 4.78 is 27.4. The Labute approximate surface area is 168 Å². The van der Waals surface area contributed by atoms with Gasteiger partial charge in [0.05, 0.1) is 12.2 Å². The van der Waals surface area contributed by atoms with Crippen LogP contribution in [0.15, 0.2) is 54.6 Å². The number of benzene rings is 2. The Kier molecular flexibility index (Phi) is 7.63. The summed E-state index contributed by atoms with van der Waals surface area (Å²) in [6.07, 6.45) is 2.60. The van der Waals surface area contributed by atoms with E-state index < -0.39 is 10.1 Å². The molecule has 0 fully saturated rings. The van der Waals surface area contributed by atoms with Gasteiger partial charge in [-0.25, -0.2) is 0 Å². The van der Waals surface area contributed by atoms with Crippen LogP contribution in [0.2, 0.25) is 0 Å². The molecule has 152 valence electrons. The molecule has 0 unspecified atom stereocenters. The summed E-state index contributed by atoms with van der Waals surface area (Å²) in [7, 11) is -3.55. The minimum Gasteiger partial charge on any atom is -0.383 e. The van der Waals surface area contributed by atoms with Crippen LogP contribution in [0.5, 0.6) is 5.75 Å². The topological polar surface area (TPSA) is 63.7 Å². The smallest absolute Gasteiger partial charge is 0.306 e. The van der Waals surface area contributed by atoms with E-state index in [1.807, 2.05) is 42.2 Å². The van der Waals surface area contributed by atoms with Crippen LogP contribution in [-0.2, 0) is 21.5 Å². The molecule has 0 aromatic heterocycles. The number of hydrogen-bond donors (Lipinski definition) is 0. The van der Waals surface area contributed by atoms with Crippen LogP contribution in [-0.4, -0.2) is 31.5 Å². The van der Waals surface area contributed by atoms with Crippen molar-refractivity contribution in [2.75, 3.05) is 6.26 Å². The Hall–Kier alpha value is -2.34. The van der Waals surface area contributed by atoms with Gasteiger partial charge in [-0.15, -0.1) is 0 Å². The van der Waals surface area contributed by atoms with Gasteiger partial charge in [0.25, 0.3) is 0 Å². The highest BCUT2D eigenvalue weighted by atomic mass is 32.2. The lowest BCUT2D eigenvalue weighted by Gasteiger charge is -2.32. The average molecular weight is 404 g/mol. The summed E-state index contributed by atoms with van der Waals surface area (Å²) in [5, 5.41) is 0. The second-order valence-corrected chi connectivity index (χ2v) is 8.60. The predicted octanol–water partition coefficient (Wildman–Crippen LogP) is 4.35. The molecular weight excluding hydrogens is 374 g/mol. The molecule has 0 saturated carbocycles. The van der Waals surface area contributed by atoms with E-state index in [0.29, 0.717) is 6.54 Å². The maximum Gasteiger partial charge on any atom is 0.306 e. The zero-order valence-electron chi connectivity index (χ0n) is 17.0. The van der Waals surface area contributed by atoms with E-state index in [1.165, 1.54) is 0 Å². The molecule has 0 heterocycles. The largest absolute Gasteiger partial charge is 0.383 e. The molecular formula is C22H29NO4S. The molecule has 0 aliphatic heterocycles. The highest BCUT2D eigenvalue weighted by Gasteiger charge is 2.27. The first kappa shape index (κ1) is 22.0. The molecule has 0 aliphatic rings. The highest BCUT2D eigenvalue weighted by Crippen LogP contribution is 2.25. The average Bonchev–Trinajstić information content (AvgIpc) is 2.67. The lowest BCUT2D eigenvalue weighted by Crippen LogP contribution is -2.40. The van der Waals surface area contributed by atoms with Gasteiger partial charge in [0, 0.05) is 12.6 Å². The number of hydrogen-bond acceptors (Lipinski definition) is 4. The van der Waals surface area contributed by atoms with Gasteiger partial charge in [0.1, 0.15) is 5.75 Å². The third-order valence-corrected chi connectivity index (χ3v) is 5.33. The van der Waals surface area contributed by atoms with Gasteiger partial charge in [-0.2, -0.15) is 8.42 Å². The molecule has 0 radical (unpaired) electrons. The van der Waals surface area contributed by atoms with E-state index in [0.717, 1.165) is 30.2 Å². The highest BCUT2D eigenvalue weighted by molar-refractivity contribution is 7.86. The van der Waals surface area contributed by atoms with Crippen LogP contribution in [0.1, 0.15) is 50.7 Å². The van der Waals surface area contributed by atoms with E-state index in [2.05, 4.69) is 13.8 Å². The number of nitrogens with zero attached hydrogens (tertiary/aromatic N) is 1. The van der Waals surface area contributed by atoms with Gasteiger partial charge >= 0.3 is 10.1 Å². The molecule has 5 nitrogen and oxygen atoms in total. The van der Waals surface area contributed by atoms with Crippen LogP contribution in [0.3, 0.4) is 0 Å². The summed E-state index contributed by atoms with van der Waals surface area (Å²) in [4.78, 5) is 15.3. The quantitative estimate of drug-likeness (QED) is 0.584. The van der Waals surface area contributed by atoms with Gasteiger partial charge in [-0.05, 0) is 43.0 Å². The molecule has 2 atom stereocenters. The molecule has 0 saturated heterocycles. The summed E-state index contributed by atoms with van der Waals surface area (Å²) >= 11 is 0. The maximum atomic E-state index is 13.4. The first-order valence-electron chi connectivity index (χ1n) is 9.59. The van der Waals surface area contributed by atoms with Crippen LogP contribution in [0, 0.1) is 0 Å². The van der Waals surface area contributed by atoms with Crippen molar-refractivity contribution in [2.24, 2.45) is 0 Å². The molecule has 28 heavy (non-hydrogen) atoms. The van der Waals surface area contributed by atoms with E-state index in [9.17, 15) is 13.2 Å². The van der Waals surface area contributed by atoms with Gasteiger partial charge < -0.3 is 9.08 Å². The Balaban J connectivity index is 2.22. The first-order valence-corrected chi connectivity index (χ1v) is 11.4. The fraction of sp³-hybridized carbons (Fsp3) is 0.409. The zero-order valence-corrected chi connectivity index (χ0v) is 17.8. The van der Waals surface area contributed by atoms with Crippen molar-refractivity contribution in [3.8, 4) is 5.75 Å². The predicted molar refractivity (Wildman–Crippen MR) is 112 cm³/mol. The minimum atomic E-state index is -3.55. The zero-order chi connectivity index (χ0) is 20.7. The van der Waals surface area contributed by atoms with E-state index in [-0.39, 0.29) is 23.6 Å². The van der Waals surface area contributed by atoms with Crippen LogP contribution < -0.4 is 4.18 Å². The molecule has 2 rings (SSSR count). The fourth-order valence-corrected chi connectivity index (χ4v) is 3.59. The summed E-state index contributed by atoms with van der Waals surface area (Å²) in [6, 6.07) is 16.8. The maximum absolute atomic E-state index is 13.4. The summed E-state index contributed by atoms with van der Waals surface area (Å²) in [6.45, 7) is 6.62. The van der Waals surface area contributed by atoms with Crippen molar-refractivity contribution >= 4 is 16.0 Å². The monoisotopic (exact) mass is 403 g/mol. The van der Waals surface area contributed by atoms with Gasteiger partial charge in [0.2, 0.25) is 5.91 Å². The molecule has 0 spiro atoms. The van der Waals surface area contributed by atoms with Gasteiger partial charge in [-0.3, -0.25) is 4.79 Å². The number of rotatable bonds is 9. The van der Waals surface area contributed by atoms with Crippen molar-refractivity contribution in [1.29, 1.82) is 0 Å². The van der Waals surface area contributed by atoms with E-state index in [1.54, 1.807) is 24.3 Å². The lowest BCUT2D eigenvalue weighted by atomic mass is 9.94. The van der Waals surface area contributed by atoms with Crippen LogP contribution >= 0.6 is 0 Å². The van der Waals surface area contributed by atoms with Crippen molar-refractivity contribution in [3.63, 3.8) is 0 Å². The third kappa shape index (κ3) is 6.09. The number of amides is 1. The molecule has 1 amide bonds. The number of carbonyl (C=O) groups excluding carboxylic acids is 1. The van der Waals surface area contributed by atoms with E-state index in [4.69, 9.17) is 4.18 Å². The van der Waals surface area contributed by atoms with Crippen molar-refractivity contribution in [3.05, 3.63) is 65.7 Å². The molecule has 2 aromatic carbocycles. The van der Waals surface area contributed by atoms with E-state index >= 15 is 0 Å². The van der Waals surface area contributed by atoms with Crippen molar-refractivity contribution < 1.29 is 17.4 Å². The van der Waals surface area contributed by atoms with Crippen molar-refractivity contribution in [1.82, 2.24) is 4.90 Å².